The quantitative estimate of drug-likeness (QED) is 0.596. The van der Waals surface area contributed by atoms with E-state index in [-0.39, 0.29) is 0 Å². The maximum Gasteiger partial charge on any atom is 0.138 e. The minimum absolute atomic E-state index is 0.839. The molecule has 0 aliphatic carbocycles. The van der Waals surface area contributed by atoms with Gasteiger partial charge in [0.2, 0.25) is 0 Å². The summed E-state index contributed by atoms with van der Waals surface area (Å²) in [6.07, 6.45) is 0. The summed E-state index contributed by atoms with van der Waals surface area (Å²) in [4.78, 5) is 1.19. The predicted octanol–water partition coefficient (Wildman–Crippen LogP) is 2.98. The largest absolute Gasteiger partial charge is 0.371 e. The van der Waals surface area contributed by atoms with Crippen LogP contribution < -0.4 is 5.32 Å². The van der Waals surface area contributed by atoms with Crippen LogP contribution in [0.3, 0.4) is 0 Å². The van der Waals surface area contributed by atoms with Crippen LogP contribution in [-0.4, -0.2) is 10.9 Å². The first-order valence-electron chi connectivity index (χ1n) is 4.24. The van der Waals surface area contributed by atoms with E-state index < -0.39 is 0 Å². The monoisotopic (exact) mass is 211 g/mol. The molecule has 0 fully saturated rings. The second-order valence-corrected chi connectivity index (χ2v) is 4.48. The molecule has 0 aliphatic heterocycles. The van der Waals surface area contributed by atoms with Crippen molar-refractivity contribution >= 4 is 28.3 Å². The molecule has 0 atom stereocenters. The van der Waals surface area contributed by atoms with Crippen molar-refractivity contribution in [3.8, 4) is 0 Å². The molecule has 0 unspecified atom stereocenters. The van der Waals surface area contributed by atoms with Gasteiger partial charge in [-0.1, -0.05) is 41.7 Å². The highest BCUT2D eigenvalue weighted by atomic mass is 32.2. The third kappa shape index (κ3) is 3.79. The van der Waals surface area contributed by atoms with Gasteiger partial charge in [0.05, 0.1) is 0 Å². The molecule has 0 spiro atoms. The molecule has 0 amide bonds. The molecular formula is C10H13NS2. The van der Waals surface area contributed by atoms with Crippen LogP contribution in [0.4, 0.5) is 0 Å². The van der Waals surface area contributed by atoms with Crippen molar-refractivity contribution in [2.24, 2.45) is 0 Å². The lowest BCUT2D eigenvalue weighted by Gasteiger charge is -2.04. The Kier molecular flexibility index (Phi) is 4.25. The maximum absolute atomic E-state index is 5.12. The maximum atomic E-state index is 5.12. The number of benzene rings is 1. The van der Waals surface area contributed by atoms with Crippen LogP contribution in [0.1, 0.15) is 12.5 Å². The summed E-state index contributed by atoms with van der Waals surface area (Å²) >= 11 is 6.72. The Morgan fingerprint density at radius 3 is 2.54 bits per heavy atom. The van der Waals surface area contributed by atoms with Crippen LogP contribution in [0.25, 0.3) is 0 Å². The minimum Gasteiger partial charge on any atom is -0.371 e. The molecule has 0 aromatic heterocycles. The Labute approximate surface area is 88.9 Å². The zero-order valence-electron chi connectivity index (χ0n) is 7.83. The van der Waals surface area contributed by atoms with E-state index in [0.29, 0.717) is 0 Å². The van der Waals surface area contributed by atoms with Gasteiger partial charge in [-0.25, -0.2) is 0 Å². The molecular weight excluding hydrogens is 198 g/mol. The number of hydrogen-bond donors (Lipinski definition) is 1. The van der Waals surface area contributed by atoms with Gasteiger partial charge in [0.15, 0.2) is 0 Å². The van der Waals surface area contributed by atoms with E-state index in [0.717, 1.165) is 10.9 Å². The highest BCUT2D eigenvalue weighted by Crippen LogP contribution is 2.18. The van der Waals surface area contributed by atoms with E-state index in [2.05, 4.69) is 36.5 Å². The molecule has 70 valence electrons. The molecule has 0 saturated heterocycles. The Balaban J connectivity index is 2.54. The van der Waals surface area contributed by atoms with Crippen LogP contribution in [0.15, 0.2) is 29.2 Å². The van der Waals surface area contributed by atoms with Crippen LogP contribution in [0, 0.1) is 6.92 Å². The first-order chi connectivity index (χ1) is 6.22. The number of nitrogens with one attached hydrogen (secondary N) is 1. The van der Waals surface area contributed by atoms with Gasteiger partial charge in [-0.3, -0.25) is 0 Å². The fourth-order valence-electron chi connectivity index (χ4n) is 0.894. The van der Waals surface area contributed by atoms with Gasteiger partial charge in [0.1, 0.15) is 4.32 Å². The molecule has 1 aromatic carbocycles. The molecule has 0 saturated carbocycles. The molecule has 1 rings (SSSR count). The Bertz CT molecular complexity index is 279. The van der Waals surface area contributed by atoms with Crippen molar-refractivity contribution in [2.75, 3.05) is 6.54 Å². The lowest BCUT2D eigenvalue weighted by molar-refractivity contribution is 0.995. The summed E-state index contributed by atoms with van der Waals surface area (Å²) < 4.78 is 0.839. The number of hydrogen-bond acceptors (Lipinski definition) is 2. The first-order valence-corrected chi connectivity index (χ1v) is 5.47. The van der Waals surface area contributed by atoms with Crippen molar-refractivity contribution < 1.29 is 0 Å². The average molecular weight is 211 g/mol. The molecule has 0 bridgehead atoms. The van der Waals surface area contributed by atoms with Crippen LogP contribution in [0.2, 0.25) is 0 Å². The van der Waals surface area contributed by atoms with Crippen molar-refractivity contribution in [2.45, 2.75) is 18.7 Å². The van der Waals surface area contributed by atoms with Crippen molar-refractivity contribution in [3.63, 3.8) is 0 Å². The second kappa shape index (κ2) is 5.25. The molecule has 13 heavy (non-hydrogen) atoms. The Morgan fingerprint density at radius 1 is 1.38 bits per heavy atom. The zero-order chi connectivity index (χ0) is 9.68. The highest BCUT2D eigenvalue weighted by molar-refractivity contribution is 8.23. The number of thiocarbonyl (C=S) groups is 1. The molecule has 1 aromatic rings. The smallest absolute Gasteiger partial charge is 0.138 e. The molecule has 3 heteroatoms. The molecule has 0 aliphatic rings. The summed E-state index contributed by atoms with van der Waals surface area (Å²) in [6.45, 7) is 5.01. The standard InChI is InChI=1S/C10H13NS2/c1-3-11-10(12)13-9-6-4-8(2)5-7-9/h4-7H,3H2,1-2H3,(H,11,12). The van der Waals surface area contributed by atoms with E-state index >= 15 is 0 Å². The highest BCUT2D eigenvalue weighted by Gasteiger charge is 1.97. The second-order valence-electron chi connectivity index (χ2n) is 2.73. The van der Waals surface area contributed by atoms with E-state index in [1.807, 2.05) is 6.92 Å². The molecule has 0 heterocycles. The lowest BCUT2D eigenvalue weighted by Crippen LogP contribution is -2.16. The van der Waals surface area contributed by atoms with E-state index in [9.17, 15) is 0 Å². The third-order valence-corrected chi connectivity index (χ3v) is 2.78. The predicted molar refractivity (Wildman–Crippen MR) is 63.3 cm³/mol. The lowest BCUT2D eigenvalue weighted by atomic mass is 10.2. The molecule has 1 nitrogen and oxygen atoms in total. The summed E-state index contributed by atoms with van der Waals surface area (Å²) in [5.74, 6) is 0. The van der Waals surface area contributed by atoms with Gasteiger partial charge < -0.3 is 5.32 Å². The van der Waals surface area contributed by atoms with Gasteiger partial charge in [-0.05, 0) is 26.0 Å². The van der Waals surface area contributed by atoms with Gasteiger partial charge in [-0.15, -0.1) is 0 Å². The number of aryl methyl sites for hydroxylation is 1. The summed E-state index contributed by atoms with van der Waals surface area (Å²) in [6, 6.07) is 8.36. The van der Waals surface area contributed by atoms with E-state index in [1.54, 1.807) is 11.8 Å². The topological polar surface area (TPSA) is 12.0 Å². The number of rotatable bonds is 2. The Morgan fingerprint density at radius 2 is 2.00 bits per heavy atom. The summed E-state index contributed by atoms with van der Waals surface area (Å²) in [5, 5.41) is 3.10. The van der Waals surface area contributed by atoms with Gasteiger partial charge >= 0.3 is 0 Å². The minimum atomic E-state index is 0.839. The van der Waals surface area contributed by atoms with E-state index in [4.69, 9.17) is 12.2 Å². The van der Waals surface area contributed by atoms with Gasteiger partial charge in [0, 0.05) is 11.4 Å². The van der Waals surface area contributed by atoms with Crippen molar-refractivity contribution in [1.82, 2.24) is 5.32 Å². The van der Waals surface area contributed by atoms with E-state index in [1.165, 1.54) is 10.5 Å². The normalized spacial score (nSPS) is 9.69. The number of thioether (sulfide) groups is 1. The average Bonchev–Trinajstić information content (AvgIpc) is 2.09. The molecule has 1 N–H and O–H groups in total. The van der Waals surface area contributed by atoms with Gasteiger partial charge in [0.25, 0.3) is 0 Å². The van der Waals surface area contributed by atoms with Crippen LogP contribution in [-0.2, 0) is 0 Å². The van der Waals surface area contributed by atoms with Crippen molar-refractivity contribution in [1.29, 1.82) is 0 Å². The van der Waals surface area contributed by atoms with Crippen LogP contribution in [0.5, 0.6) is 0 Å². The fourth-order valence-corrected chi connectivity index (χ4v) is 2.03. The zero-order valence-corrected chi connectivity index (χ0v) is 9.47. The fraction of sp³-hybridized carbons (Fsp3) is 0.300. The van der Waals surface area contributed by atoms with Crippen molar-refractivity contribution in [3.05, 3.63) is 29.8 Å². The first kappa shape index (κ1) is 10.5. The SMILES string of the molecule is CCNC(=S)Sc1ccc(C)cc1. The molecule has 0 radical (unpaired) electrons. The van der Waals surface area contributed by atoms with Crippen LogP contribution >= 0.6 is 24.0 Å². The Hall–Kier alpha value is -0.540. The summed E-state index contributed by atoms with van der Waals surface area (Å²) in [7, 11) is 0. The summed E-state index contributed by atoms with van der Waals surface area (Å²) in [5.41, 5.74) is 1.28. The van der Waals surface area contributed by atoms with Gasteiger partial charge in [-0.2, -0.15) is 0 Å². The third-order valence-electron chi connectivity index (χ3n) is 1.55.